The van der Waals surface area contributed by atoms with Crippen molar-refractivity contribution in [3.8, 4) is 0 Å². The number of amides is 1. The Morgan fingerprint density at radius 2 is 2.27 bits per heavy atom. The van der Waals surface area contributed by atoms with E-state index in [0.29, 0.717) is 13.2 Å². The van der Waals surface area contributed by atoms with Crippen LogP contribution in [0.3, 0.4) is 0 Å². The van der Waals surface area contributed by atoms with Crippen molar-refractivity contribution in [2.24, 2.45) is 0 Å². The molecule has 0 radical (unpaired) electrons. The maximum atomic E-state index is 12.3. The third-order valence-corrected chi connectivity index (χ3v) is 4.60. The summed E-state index contributed by atoms with van der Waals surface area (Å²) in [4.78, 5) is 12.3. The van der Waals surface area contributed by atoms with E-state index in [2.05, 4.69) is 41.2 Å². The Bertz CT molecular complexity index is 693. The minimum Gasteiger partial charge on any atom is -0.375 e. The summed E-state index contributed by atoms with van der Waals surface area (Å²) in [7, 11) is 0. The first-order valence-corrected chi connectivity index (χ1v) is 8.40. The van der Waals surface area contributed by atoms with E-state index in [4.69, 9.17) is 4.74 Å². The summed E-state index contributed by atoms with van der Waals surface area (Å²) in [6, 6.07) is 8.32. The van der Waals surface area contributed by atoms with Gasteiger partial charge in [-0.25, -0.2) is 0 Å². The molecule has 3 rings (SSSR count). The topological polar surface area (TPSA) is 43.3 Å². The summed E-state index contributed by atoms with van der Waals surface area (Å²) in [5, 5.41) is 4.27. The Labute approximate surface area is 139 Å². The molecule has 1 N–H and O–H groups in total. The molecular formula is C17H21BrN2O2. The zero-order chi connectivity index (χ0) is 15.7. The van der Waals surface area contributed by atoms with E-state index in [1.54, 1.807) is 0 Å². The van der Waals surface area contributed by atoms with Gasteiger partial charge in [0.1, 0.15) is 6.54 Å². The van der Waals surface area contributed by atoms with Gasteiger partial charge in [0, 0.05) is 34.2 Å². The van der Waals surface area contributed by atoms with Crippen LogP contribution in [0.25, 0.3) is 10.9 Å². The number of carbonyl (C=O) groups is 1. The van der Waals surface area contributed by atoms with Crippen LogP contribution < -0.4 is 5.32 Å². The van der Waals surface area contributed by atoms with E-state index in [1.807, 2.05) is 29.0 Å². The van der Waals surface area contributed by atoms with Crippen LogP contribution in [0.15, 0.2) is 34.9 Å². The average molecular weight is 365 g/mol. The Balaban J connectivity index is 1.66. The van der Waals surface area contributed by atoms with Crippen LogP contribution in [-0.4, -0.2) is 28.7 Å². The summed E-state index contributed by atoms with van der Waals surface area (Å²) in [5.74, 6) is 0.0584. The number of halogens is 1. The number of aromatic nitrogens is 1. The lowest BCUT2D eigenvalue weighted by atomic mass is 9.94. The van der Waals surface area contributed by atoms with Gasteiger partial charge in [0.15, 0.2) is 0 Å². The molecule has 1 atom stereocenters. The Morgan fingerprint density at radius 1 is 1.45 bits per heavy atom. The molecule has 2 aromatic rings. The molecule has 118 valence electrons. The van der Waals surface area contributed by atoms with Gasteiger partial charge in [-0.3, -0.25) is 4.79 Å². The Morgan fingerprint density at radius 3 is 3.05 bits per heavy atom. The minimum absolute atomic E-state index is 0.0584. The molecule has 1 amide bonds. The summed E-state index contributed by atoms with van der Waals surface area (Å²) < 4.78 is 8.73. The molecule has 0 bridgehead atoms. The van der Waals surface area contributed by atoms with E-state index >= 15 is 0 Å². The van der Waals surface area contributed by atoms with Crippen LogP contribution in [0.4, 0.5) is 0 Å². The summed E-state index contributed by atoms with van der Waals surface area (Å²) in [6.07, 6.45) is 3.71. The first-order chi connectivity index (χ1) is 10.4. The third-order valence-electron chi connectivity index (χ3n) is 4.11. The molecule has 4 nitrogen and oxygen atoms in total. The van der Waals surface area contributed by atoms with Gasteiger partial charge in [-0.2, -0.15) is 0 Å². The molecule has 22 heavy (non-hydrogen) atoms. The zero-order valence-electron chi connectivity index (χ0n) is 12.9. The van der Waals surface area contributed by atoms with Gasteiger partial charge in [0.05, 0.1) is 5.60 Å². The molecule has 1 fully saturated rings. The number of nitrogens with one attached hydrogen (secondary N) is 1. The van der Waals surface area contributed by atoms with E-state index < -0.39 is 0 Å². The average Bonchev–Trinajstić information content (AvgIpc) is 2.79. The van der Waals surface area contributed by atoms with Crippen molar-refractivity contribution < 1.29 is 9.53 Å². The fourth-order valence-electron chi connectivity index (χ4n) is 3.09. The highest BCUT2D eigenvalue weighted by molar-refractivity contribution is 9.10. The van der Waals surface area contributed by atoms with Crippen LogP contribution in [0, 0.1) is 0 Å². The van der Waals surface area contributed by atoms with Gasteiger partial charge in [-0.15, -0.1) is 0 Å². The van der Waals surface area contributed by atoms with Gasteiger partial charge in [-0.05, 0) is 51.0 Å². The summed E-state index contributed by atoms with van der Waals surface area (Å²) >= 11 is 3.47. The fourth-order valence-corrected chi connectivity index (χ4v) is 3.47. The van der Waals surface area contributed by atoms with Crippen molar-refractivity contribution in [2.75, 3.05) is 6.61 Å². The highest BCUT2D eigenvalue weighted by atomic mass is 79.9. The molecule has 1 aliphatic heterocycles. The lowest BCUT2D eigenvalue weighted by Crippen LogP contribution is -2.46. The monoisotopic (exact) mass is 364 g/mol. The first kappa shape index (κ1) is 15.6. The molecular weight excluding hydrogens is 344 g/mol. The van der Waals surface area contributed by atoms with Crippen molar-refractivity contribution in [1.29, 1.82) is 0 Å². The number of carbonyl (C=O) groups excluding carboxylic acids is 1. The lowest BCUT2D eigenvalue weighted by molar-refractivity contribution is -0.124. The maximum absolute atomic E-state index is 12.3. The van der Waals surface area contributed by atoms with Gasteiger partial charge in [0.2, 0.25) is 5.91 Å². The van der Waals surface area contributed by atoms with E-state index in [1.165, 1.54) is 0 Å². The number of benzene rings is 1. The van der Waals surface area contributed by atoms with Crippen molar-refractivity contribution >= 4 is 32.7 Å². The number of hydrogen-bond acceptors (Lipinski definition) is 2. The van der Waals surface area contributed by atoms with Gasteiger partial charge >= 0.3 is 0 Å². The van der Waals surface area contributed by atoms with Crippen LogP contribution in [0.2, 0.25) is 0 Å². The van der Waals surface area contributed by atoms with E-state index in [-0.39, 0.29) is 17.6 Å². The van der Waals surface area contributed by atoms with Gasteiger partial charge in [-0.1, -0.05) is 15.9 Å². The standard InChI is InChI=1S/C17H21BrN2O2/c1-17(2)10-14(6-8-22-17)19-16(21)11-20-7-5-12-9-13(18)3-4-15(12)20/h3-5,7,9,14H,6,8,10-11H2,1-2H3,(H,19,21)/t14-/m0/s1. The van der Waals surface area contributed by atoms with Crippen molar-refractivity contribution in [3.05, 3.63) is 34.9 Å². The minimum atomic E-state index is -0.150. The van der Waals surface area contributed by atoms with Crippen molar-refractivity contribution in [3.63, 3.8) is 0 Å². The largest absolute Gasteiger partial charge is 0.375 e. The molecule has 1 aromatic carbocycles. The van der Waals surface area contributed by atoms with Crippen LogP contribution in [-0.2, 0) is 16.1 Å². The molecule has 2 heterocycles. The molecule has 0 saturated carbocycles. The Hall–Kier alpha value is -1.33. The normalized spacial score (nSPS) is 21.0. The predicted molar refractivity (Wildman–Crippen MR) is 90.8 cm³/mol. The number of hydrogen-bond donors (Lipinski definition) is 1. The maximum Gasteiger partial charge on any atom is 0.240 e. The first-order valence-electron chi connectivity index (χ1n) is 7.61. The summed E-state index contributed by atoms with van der Waals surface area (Å²) in [6.45, 7) is 5.20. The van der Waals surface area contributed by atoms with Crippen LogP contribution >= 0.6 is 15.9 Å². The molecule has 1 aromatic heterocycles. The second-order valence-corrected chi connectivity index (χ2v) is 7.43. The van der Waals surface area contributed by atoms with Crippen molar-refractivity contribution in [1.82, 2.24) is 9.88 Å². The molecule has 1 aliphatic rings. The van der Waals surface area contributed by atoms with Gasteiger partial charge in [0.25, 0.3) is 0 Å². The highest BCUT2D eigenvalue weighted by Gasteiger charge is 2.29. The number of nitrogens with zero attached hydrogens (tertiary/aromatic N) is 1. The SMILES string of the molecule is CC1(C)C[C@@H](NC(=O)Cn2ccc3cc(Br)ccc32)CCO1. The quantitative estimate of drug-likeness (QED) is 0.905. The van der Waals surface area contributed by atoms with Crippen molar-refractivity contribution in [2.45, 2.75) is 44.9 Å². The Kier molecular flexibility index (Phi) is 4.28. The number of rotatable bonds is 3. The summed E-state index contributed by atoms with van der Waals surface area (Å²) in [5.41, 5.74) is 0.925. The smallest absolute Gasteiger partial charge is 0.240 e. The molecule has 0 aliphatic carbocycles. The fraction of sp³-hybridized carbons (Fsp3) is 0.471. The van der Waals surface area contributed by atoms with Crippen LogP contribution in [0.1, 0.15) is 26.7 Å². The molecule has 0 spiro atoms. The number of fused-ring (bicyclic) bond motifs is 1. The lowest BCUT2D eigenvalue weighted by Gasteiger charge is -2.35. The van der Waals surface area contributed by atoms with E-state index in [9.17, 15) is 4.79 Å². The second-order valence-electron chi connectivity index (χ2n) is 6.51. The zero-order valence-corrected chi connectivity index (χ0v) is 14.5. The number of ether oxygens (including phenoxy) is 1. The van der Waals surface area contributed by atoms with Gasteiger partial charge < -0.3 is 14.6 Å². The second kappa shape index (κ2) is 6.05. The molecule has 5 heteroatoms. The van der Waals surface area contributed by atoms with E-state index in [0.717, 1.165) is 28.2 Å². The van der Waals surface area contributed by atoms with Crippen LogP contribution in [0.5, 0.6) is 0 Å². The molecule has 1 saturated heterocycles. The predicted octanol–water partition coefficient (Wildman–Crippen LogP) is 3.48. The molecule has 0 unspecified atom stereocenters. The highest BCUT2D eigenvalue weighted by Crippen LogP contribution is 2.24. The third kappa shape index (κ3) is 3.52.